The molecule has 0 spiro atoms. The summed E-state index contributed by atoms with van der Waals surface area (Å²) in [7, 11) is 0. The van der Waals surface area contributed by atoms with Gasteiger partial charge in [-0.3, -0.25) is 0 Å². The zero-order chi connectivity index (χ0) is 10.3. The first-order valence-electron chi connectivity index (χ1n) is 5.86. The standard InChI is InChI=1S/C13H17NO/c14-13(9-2-1-3-9)11-4-5-12-10(8-11)6-7-15-12/h4-5,8-9,13H,1-3,6-7,14H2/t13-/m0/s1. The van der Waals surface area contributed by atoms with Gasteiger partial charge >= 0.3 is 0 Å². The molecule has 1 aliphatic heterocycles. The third-order valence-corrected chi connectivity index (χ3v) is 3.76. The second-order valence-corrected chi connectivity index (χ2v) is 4.68. The van der Waals surface area contributed by atoms with E-state index in [1.165, 1.54) is 30.4 Å². The highest BCUT2D eigenvalue weighted by Gasteiger charge is 2.26. The summed E-state index contributed by atoms with van der Waals surface area (Å²) in [6, 6.07) is 6.69. The Bertz CT molecular complexity index is 371. The van der Waals surface area contributed by atoms with Crippen molar-refractivity contribution < 1.29 is 4.74 Å². The van der Waals surface area contributed by atoms with Crippen LogP contribution in [0.25, 0.3) is 0 Å². The molecule has 2 aliphatic rings. The average Bonchev–Trinajstić information content (AvgIpc) is 2.61. The smallest absolute Gasteiger partial charge is 0.122 e. The van der Waals surface area contributed by atoms with Gasteiger partial charge in [0.05, 0.1) is 6.61 Å². The van der Waals surface area contributed by atoms with Crippen molar-refractivity contribution in [2.75, 3.05) is 6.61 Å². The first kappa shape index (κ1) is 9.22. The van der Waals surface area contributed by atoms with E-state index in [1.807, 2.05) is 0 Å². The molecule has 80 valence electrons. The summed E-state index contributed by atoms with van der Waals surface area (Å²) in [6.07, 6.45) is 5.00. The number of benzene rings is 1. The predicted octanol–water partition coefficient (Wildman–Crippen LogP) is 2.42. The Morgan fingerprint density at radius 1 is 1.33 bits per heavy atom. The topological polar surface area (TPSA) is 35.2 Å². The predicted molar refractivity (Wildman–Crippen MR) is 59.9 cm³/mol. The molecule has 0 unspecified atom stereocenters. The quantitative estimate of drug-likeness (QED) is 0.801. The molecule has 2 nitrogen and oxygen atoms in total. The molecule has 1 aromatic rings. The Hall–Kier alpha value is -1.02. The van der Waals surface area contributed by atoms with Crippen LogP contribution in [0.4, 0.5) is 0 Å². The lowest BCUT2D eigenvalue weighted by Gasteiger charge is -2.31. The van der Waals surface area contributed by atoms with E-state index in [9.17, 15) is 0 Å². The van der Waals surface area contributed by atoms with Gasteiger partial charge in [-0.2, -0.15) is 0 Å². The van der Waals surface area contributed by atoms with Crippen LogP contribution < -0.4 is 10.5 Å². The van der Waals surface area contributed by atoms with Crippen LogP contribution in [-0.2, 0) is 6.42 Å². The van der Waals surface area contributed by atoms with Crippen molar-refractivity contribution >= 4 is 0 Å². The Labute approximate surface area is 90.4 Å². The molecule has 1 fully saturated rings. The molecule has 0 radical (unpaired) electrons. The second kappa shape index (κ2) is 3.53. The third kappa shape index (κ3) is 1.53. The van der Waals surface area contributed by atoms with E-state index in [-0.39, 0.29) is 6.04 Å². The van der Waals surface area contributed by atoms with Gasteiger partial charge in [0.25, 0.3) is 0 Å². The first-order chi connectivity index (χ1) is 7.34. The van der Waals surface area contributed by atoms with Gasteiger partial charge in [-0.15, -0.1) is 0 Å². The van der Waals surface area contributed by atoms with Gasteiger partial charge in [-0.05, 0) is 36.0 Å². The molecule has 2 heteroatoms. The molecule has 1 saturated carbocycles. The number of hydrogen-bond acceptors (Lipinski definition) is 2. The summed E-state index contributed by atoms with van der Waals surface area (Å²) in [4.78, 5) is 0. The van der Waals surface area contributed by atoms with Gasteiger partial charge < -0.3 is 10.5 Å². The molecule has 1 heterocycles. The van der Waals surface area contributed by atoms with Crippen LogP contribution in [0.3, 0.4) is 0 Å². The average molecular weight is 203 g/mol. The number of rotatable bonds is 2. The lowest BCUT2D eigenvalue weighted by Crippen LogP contribution is -2.26. The fourth-order valence-corrected chi connectivity index (χ4v) is 2.48. The zero-order valence-electron chi connectivity index (χ0n) is 8.91. The van der Waals surface area contributed by atoms with Crippen molar-refractivity contribution in [3.05, 3.63) is 29.3 Å². The van der Waals surface area contributed by atoms with E-state index in [2.05, 4.69) is 18.2 Å². The van der Waals surface area contributed by atoms with Crippen LogP contribution in [0, 0.1) is 5.92 Å². The Balaban J connectivity index is 1.85. The molecule has 0 aromatic heterocycles. The fraction of sp³-hybridized carbons (Fsp3) is 0.538. The number of nitrogens with two attached hydrogens (primary N) is 1. The van der Waals surface area contributed by atoms with Gasteiger partial charge in [0.1, 0.15) is 5.75 Å². The SMILES string of the molecule is N[C@H](c1ccc2c(c1)CCO2)C1CCC1. The van der Waals surface area contributed by atoms with Crippen LogP contribution in [-0.4, -0.2) is 6.61 Å². The normalized spacial score (nSPS) is 21.7. The molecule has 2 N–H and O–H groups in total. The van der Waals surface area contributed by atoms with Gasteiger partial charge in [-0.1, -0.05) is 18.6 Å². The molecule has 1 aromatic carbocycles. The van der Waals surface area contributed by atoms with Gasteiger partial charge in [0, 0.05) is 12.5 Å². The van der Waals surface area contributed by atoms with Crippen LogP contribution in [0.15, 0.2) is 18.2 Å². The number of hydrogen-bond donors (Lipinski definition) is 1. The van der Waals surface area contributed by atoms with Crippen molar-refractivity contribution in [1.82, 2.24) is 0 Å². The van der Waals surface area contributed by atoms with Crippen molar-refractivity contribution in [2.24, 2.45) is 11.7 Å². The van der Waals surface area contributed by atoms with Crippen LogP contribution in [0.2, 0.25) is 0 Å². The molecule has 0 bridgehead atoms. The molecular formula is C13H17NO. The minimum Gasteiger partial charge on any atom is -0.493 e. The highest BCUT2D eigenvalue weighted by atomic mass is 16.5. The molecule has 15 heavy (non-hydrogen) atoms. The monoisotopic (exact) mass is 203 g/mol. The van der Waals surface area contributed by atoms with E-state index < -0.39 is 0 Å². The molecule has 1 atom stereocenters. The van der Waals surface area contributed by atoms with Crippen LogP contribution in [0.5, 0.6) is 5.75 Å². The van der Waals surface area contributed by atoms with Crippen molar-refractivity contribution in [2.45, 2.75) is 31.7 Å². The Kier molecular flexibility index (Phi) is 2.17. The lowest BCUT2D eigenvalue weighted by molar-refractivity contribution is 0.264. The molecule has 0 amide bonds. The van der Waals surface area contributed by atoms with Gasteiger partial charge in [0.2, 0.25) is 0 Å². The van der Waals surface area contributed by atoms with Crippen molar-refractivity contribution in [3.8, 4) is 5.75 Å². The first-order valence-corrected chi connectivity index (χ1v) is 5.86. The number of ether oxygens (including phenoxy) is 1. The Morgan fingerprint density at radius 3 is 2.93 bits per heavy atom. The Morgan fingerprint density at radius 2 is 2.20 bits per heavy atom. The highest BCUT2D eigenvalue weighted by molar-refractivity contribution is 5.40. The minimum absolute atomic E-state index is 0.240. The van der Waals surface area contributed by atoms with Gasteiger partial charge in [-0.25, -0.2) is 0 Å². The highest BCUT2D eigenvalue weighted by Crippen LogP contribution is 2.37. The minimum atomic E-state index is 0.240. The summed E-state index contributed by atoms with van der Waals surface area (Å²) in [5, 5.41) is 0. The van der Waals surface area contributed by atoms with E-state index in [4.69, 9.17) is 10.5 Å². The maximum absolute atomic E-state index is 6.25. The van der Waals surface area contributed by atoms with Crippen LogP contribution in [0.1, 0.15) is 36.4 Å². The van der Waals surface area contributed by atoms with E-state index in [1.54, 1.807) is 0 Å². The lowest BCUT2D eigenvalue weighted by atomic mass is 9.77. The maximum Gasteiger partial charge on any atom is 0.122 e. The molecule has 3 rings (SSSR count). The fourth-order valence-electron chi connectivity index (χ4n) is 2.48. The summed E-state index contributed by atoms with van der Waals surface area (Å²) in [5.41, 5.74) is 8.88. The summed E-state index contributed by atoms with van der Waals surface area (Å²) >= 11 is 0. The molecular weight excluding hydrogens is 186 g/mol. The largest absolute Gasteiger partial charge is 0.493 e. The number of fused-ring (bicyclic) bond motifs is 1. The summed E-state index contributed by atoms with van der Waals surface area (Å²) in [5.74, 6) is 1.77. The summed E-state index contributed by atoms with van der Waals surface area (Å²) < 4.78 is 5.49. The van der Waals surface area contributed by atoms with E-state index in [0.717, 1.165) is 18.8 Å². The van der Waals surface area contributed by atoms with Crippen molar-refractivity contribution in [3.63, 3.8) is 0 Å². The van der Waals surface area contributed by atoms with Crippen LogP contribution >= 0.6 is 0 Å². The molecule has 0 saturated heterocycles. The third-order valence-electron chi connectivity index (χ3n) is 3.76. The van der Waals surface area contributed by atoms with E-state index >= 15 is 0 Å². The zero-order valence-corrected chi connectivity index (χ0v) is 8.91. The van der Waals surface area contributed by atoms with Crippen molar-refractivity contribution in [1.29, 1.82) is 0 Å². The maximum atomic E-state index is 6.25. The van der Waals surface area contributed by atoms with Gasteiger partial charge in [0.15, 0.2) is 0 Å². The second-order valence-electron chi connectivity index (χ2n) is 4.68. The summed E-state index contributed by atoms with van der Waals surface area (Å²) in [6.45, 7) is 0.831. The molecule has 1 aliphatic carbocycles. The van der Waals surface area contributed by atoms with E-state index in [0.29, 0.717) is 5.92 Å².